The molecular weight excluding hydrogens is 408 g/mol. The van der Waals surface area contributed by atoms with Crippen LogP contribution in [0.1, 0.15) is 71.4 Å². The minimum absolute atomic E-state index is 0.00783. The molecule has 0 aromatic heterocycles. The Kier molecular flexibility index (Phi) is 10.0. The molecule has 1 heterocycles. The average molecular weight is 447 g/mol. The van der Waals surface area contributed by atoms with Gasteiger partial charge in [0.15, 0.2) is 23.0 Å². The summed E-state index contributed by atoms with van der Waals surface area (Å²) in [6, 6.07) is 4.10. The van der Waals surface area contributed by atoms with Crippen molar-refractivity contribution in [3.63, 3.8) is 0 Å². The third-order valence-electron chi connectivity index (χ3n) is 5.81. The van der Waals surface area contributed by atoms with E-state index in [4.69, 9.17) is 4.74 Å². The lowest BCUT2D eigenvalue weighted by Crippen LogP contribution is -2.35. The first kappa shape index (κ1) is 25.7. The fraction of sp³-hybridized carbons (Fsp3) is 0.600. The van der Waals surface area contributed by atoms with Crippen LogP contribution in [0.3, 0.4) is 0 Å². The van der Waals surface area contributed by atoms with Crippen LogP contribution in [-0.2, 0) is 9.59 Å². The Labute approximate surface area is 191 Å². The van der Waals surface area contributed by atoms with Crippen molar-refractivity contribution in [2.45, 2.75) is 65.8 Å². The lowest BCUT2D eigenvalue weighted by Gasteiger charge is -2.28. The molecule has 1 aromatic carbocycles. The predicted octanol–water partition coefficient (Wildman–Crippen LogP) is 4.37. The van der Waals surface area contributed by atoms with Crippen molar-refractivity contribution in [1.29, 1.82) is 0 Å². The number of amides is 1. The van der Waals surface area contributed by atoms with Gasteiger partial charge in [-0.05, 0) is 70.4 Å². The summed E-state index contributed by atoms with van der Waals surface area (Å²) in [6.45, 7) is 11.2. The van der Waals surface area contributed by atoms with E-state index >= 15 is 0 Å². The highest BCUT2D eigenvalue weighted by molar-refractivity contribution is 6.08. The first-order valence-corrected chi connectivity index (χ1v) is 11.8. The summed E-state index contributed by atoms with van der Waals surface area (Å²) < 4.78 is 5.49. The van der Waals surface area contributed by atoms with Crippen molar-refractivity contribution >= 4 is 11.7 Å². The number of benzene rings is 1. The van der Waals surface area contributed by atoms with Gasteiger partial charge >= 0.3 is 0 Å². The zero-order valence-electron chi connectivity index (χ0n) is 19.9. The monoisotopic (exact) mass is 446 g/mol. The van der Waals surface area contributed by atoms with Crippen LogP contribution in [0, 0.1) is 0 Å². The molecule has 7 heteroatoms. The molecule has 0 radical (unpaired) electrons. The molecule has 1 aliphatic heterocycles. The Morgan fingerprint density at radius 3 is 2.25 bits per heavy atom. The SMILES string of the molecule is CCCCN(CCCC)CCCN1C(=O)C(O)=C(C(C)=O)[C@@H]1c1ccc(O)c(OCC)c1. The first-order valence-electron chi connectivity index (χ1n) is 11.8. The molecule has 1 amide bonds. The summed E-state index contributed by atoms with van der Waals surface area (Å²) in [5.74, 6) is -1.08. The number of hydrogen-bond acceptors (Lipinski definition) is 6. The van der Waals surface area contributed by atoms with E-state index in [9.17, 15) is 19.8 Å². The smallest absolute Gasteiger partial charge is 0.290 e. The summed E-state index contributed by atoms with van der Waals surface area (Å²) in [5, 5.41) is 20.5. The molecule has 0 saturated carbocycles. The molecule has 0 unspecified atom stereocenters. The molecule has 1 aliphatic rings. The minimum Gasteiger partial charge on any atom is -0.504 e. The van der Waals surface area contributed by atoms with Crippen LogP contribution in [0.5, 0.6) is 11.5 Å². The van der Waals surface area contributed by atoms with Gasteiger partial charge in [-0.2, -0.15) is 0 Å². The molecule has 0 bridgehead atoms. The standard InChI is InChI=1S/C25H38N2O5/c1-5-8-13-26(14-9-6-2)15-10-16-27-23(22(18(4)28)24(30)25(27)31)19-11-12-20(29)21(17-19)32-7-3/h11-12,17,23,29-30H,5-10,13-16H2,1-4H3/t23-/m0/s1. The van der Waals surface area contributed by atoms with E-state index in [2.05, 4.69) is 18.7 Å². The summed E-state index contributed by atoms with van der Waals surface area (Å²) in [6.07, 6.45) is 5.29. The van der Waals surface area contributed by atoms with Gasteiger partial charge in [0, 0.05) is 6.54 Å². The molecule has 1 atom stereocenters. The second-order valence-corrected chi connectivity index (χ2v) is 8.28. The lowest BCUT2D eigenvalue weighted by atomic mass is 9.96. The van der Waals surface area contributed by atoms with Crippen LogP contribution in [0.2, 0.25) is 0 Å². The van der Waals surface area contributed by atoms with Crippen LogP contribution in [0.25, 0.3) is 0 Å². The first-order chi connectivity index (χ1) is 15.3. The molecule has 2 N–H and O–H groups in total. The van der Waals surface area contributed by atoms with E-state index < -0.39 is 17.7 Å². The number of nitrogens with zero attached hydrogens (tertiary/aromatic N) is 2. The largest absolute Gasteiger partial charge is 0.504 e. The van der Waals surface area contributed by atoms with Gasteiger partial charge in [0.25, 0.3) is 5.91 Å². The van der Waals surface area contributed by atoms with Crippen LogP contribution < -0.4 is 4.74 Å². The fourth-order valence-electron chi connectivity index (χ4n) is 4.13. The van der Waals surface area contributed by atoms with Crippen molar-refractivity contribution in [3.8, 4) is 11.5 Å². The normalized spacial score (nSPS) is 16.3. The van der Waals surface area contributed by atoms with Gasteiger partial charge in [-0.25, -0.2) is 0 Å². The van der Waals surface area contributed by atoms with Crippen molar-refractivity contribution in [3.05, 3.63) is 35.1 Å². The Hall–Kier alpha value is -2.54. The molecule has 2 rings (SSSR count). The highest BCUT2D eigenvalue weighted by Crippen LogP contribution is 2.40. The molecule has 0 saturated heterocycles. The predicted molar refractivity (Wildman–Crippen MR) is 125 cm³/mol. The number of unbranched alkanes of at least 4 members (excludes halogenated alkanes) is 2. The molecule has 1 aromatic rings. The van der Waals surface area contributed by atoms with Crippen molar-refractivity contribution in [2.24, 2.45) is 0 Å². The maximum atomic E-state index is 12.9. The number of rotatable bonds is 14. The van der Waals surface area contributed by atoms with Crippen LogP contribution >= 0.6 is 0 Å². The number of carbonyl (C=O) groups is 2. The summed E-state index contributed by atoms with van der Waals surface area (Å²) in [5.41, 5.74) is 0.722. The van der Waals surface area contributed by atoms with E-state index in [1.54, 1.807) is 17.0 Å². The minimum atomic E-state index is -0.695. The number of carbonyl (C=O) groups excluding carboxylic acids is 2. The summed E-state index contributed by atoms with van der Waals surface area (Å²) in [7, 11) is 0. The number of ketones is 1. The Balaban J connectivity index is 2.23. The maximum absolute atomic E-state index is 12.9. The molecule has 178 valence electrons. The molecule has 0 fully saturated rings. The number of phenolic OH excluding ortho intramolecular Hbond substituents is 1. The third kappa shape index (κ3) is 6.25. The molecule has 32 heavy (non-hydrogen) atoms. The number of aliphatic hydroxyl groups is 1. The van der Waals surface area contributed by atoms with Gasteiger partial charge in [-0.15, -0.1) is 0 Å². The number of aliphatic hydroxyl groups excluding tert-OH is 1. The van der Waals surface area contributed by atoms with E-state index in [0.29, 0.717) is 18.7 Å². The zero-order valence-corrected chi connectivity index (χ0v) is 19.9. The highest BCUT2D eigenvalue weighted by Gasteiger charge is 2.42. The summed E-state index contributed by atoms with van der Waals surface area (Å²) in [4.78, 5) is 29.2. The third-order valence-corrected chi connectivity index (χ3v) is 5.81. The Morgan fingerprint density at radius 2 is 1.69 bits per heavy atom. The van der Waals surface area contributed by atoms with Crippen molar-refractivity contribution < 1.29 is 24.5 Å². The zero-order chi connectivity index (χ0) is 23.7. The van der Waals surface area contributed by atoms with Crippen LogP contribution in [0.4, 0.5) is 0 Å². The second kappa shape index (κ2) is 12.5. The van der Waals surface area contributed by atoms with Crippen LogP contribution in [0.15, 0.2) is 29.5 Å². The fourth-order valence-corrected chi connectivity index (χ4v) is 4.13. The van der Waals surface area contributed by atoms with E-state index in [-0.39, 0.29) is 22.9 Å². The van der Waals surface area contributed by atoms with Gasteiger partial charge < -0.3 is 24.7 Å². The van der Waals surface area contributed by atoms with Crippen molar-refractivity contribution in [2.75, 3.05) is 32.8 Å². The Morgan fingerprint density at radius 1 is 1.06 bits per heavy atom. The summed E-state index contributed by atoms with van der Waals surface area (Å²) >= 11 is 0. The van der Waals surface area contributed by atoms with Gasteiger partial charge in [0.1, 0.15) is 0 Å². The van der Waals surface area contributed by atoms with Gasteiger partial charge in [0.2, 0.25) is 0 Å². The lowest BCUT2D eigenvalue weighted by molar-refractivity contribution is -0.129. The maximum Gasteiger partial charge on any atom is 0.290 e. The topological polar surface area (TPSA) is 90.3 Å². The van der Waals surface area contributed by atoms with E-state index in [1.807, 2.05) is 6.92 Å². The number of Topliss-reactive ketones (excluding diaryl/α,β-unsaturated/α-hetero) is 1. The number of phenols is 1. The quantitative estimate of drug-likeness (QED) is 0.441. The molecular formula is C25H38N2O5. The number of hydrogen-bond donors (Lipinski definition) is 2. The molecule has 0 spiro atoms. The van der Waals surface area contributed by atoms with Crippen LogP contribution in [-0.4, -0.2) is 64.5 Å². The molecule has 0 aliphatic carbocycles. The van der Waals surface area contributed by atoms with Gasteiger partial charge in [0.05, 0.1) is 18.2 Å². The van der Waals surface area contributed by atoms with E-state index in [1.165, 1.54) is 13.0 Å². The Bertz CT molecular complexity index is 813. The number of aromatic hydroxyl groups is 1. The molecule has 7 nitrogen and oxygen atoms in total. The van der Waals surface area contributed by atoms with E-state index in [0.717, 1.165) is 51.7 Å². The average Bonchev–Trinajstić information content (AvgIpc) is 3.02. The second-order valence-electron chi connectivity index (χ2n) is 8.28. The van der Waals surface area contributed by atoms with Gasteiger partial charge in [-0.3, -0.25) is 9.59 Å². The highest BCUT2D eigenvalue weighted by atomic mass is 16.5. The van der Waals surface area contributed by atoms with Crippen molar-refractivity contribution in [1.82, 2.24) is 9.80 Å². The number of ether oxygens (including phenoxy) is 1. The van der Waals surface area contributed by atoms with Gasteiger partial charge in [-0.1, -0.05) is 32.8 Å².